The van der Waals surface area contributed by atoms with Gasteiger partial charge in [0.15, 0.2) is 0 Å². The molecule has 0 saturated carbocycles. The third kappa shape index (κ3) is 2.98. The first-order chi connectivity index (χ1) is 6.22. The van der Waals surface area contributed by atoms with E-state index in [1.165, 1.54) is 7.11 Å². The van der Waals surface area contributed by atoms with Gasteiger partial charge in [-0.3, -0.25) is 4.79 Å². The highest BCUT2D eigenvalue weighted by atomic mass is 16.5. The summed E-state index contributed by atoms with van der Waals surface area (Å²) in [6.45, 7) is 0.0902. The van der Waals surface area contributed by atoms with E-state index in [-0.39, 0.29) is 12.5 Å². The molecule has 1 heterocycles. The number of pyridine rings is 1. The highest BCUT2D eigenvalue weighted by Gasteiger charge is 1.99. The fourth-order valence-electron chi connectivity index (χ4n) is 0.785. The van der Waals surface area contributed by atoms with Crippen molar-refractivity contribution >= 4 is 17.6 Å². The number of esters is 1. The van der Waals surface area contributed by atoms with Crippen LogP contribution >= 0.6 is 0 Å². The first-order valence-corrected chi connectivity index (χ1v) is 3.75. The van der Waals surface area contributed by atoms with E-state index in [1.807, 2.05) is 0 Å². The monoisotopic (exact) mass is 181 g/mol. The number of nitrogens with one attached hydrogen (secondary N) is 1. The molecular weight excluding hydrogens is 170 g/mol. The molecule has 5 nitrogen and oxygen atoms in total. The number of nitrogens with two attached hydrogens (primary N) is 1. The minimum Gasteiger partial charge on any atom is -0.468 e. The largest absolute Gasteiger partial charge is 0.468 e. The van der Waals surface area contributed by atoms with Gasteiger partial charge in [-0.25, -0.2) is 4.98 Å². The van der Waals surface area contributed by atoms with Crippen LogP contribution in [0.3, 0.4) is 0 Å². The van der Waals surface area contributed by atoms with Crippen molar-refractivity contribution in [1.29, 1.82) is 0 Å². The Labute approximate surface area is 75.9 Å². The van der Waals surface area contributed by atoms with Crippen LogP contribution in [-0.4, -0.2) is 24.6 Å². The summed E-state index contributed by atoms with van der Waals surface area (Å²) in [5.74, 6) is 0.629. The first kappa shape index (κ1) is 9.31. The second kappa shape index (κ2) is 4.30. The van der Waals surface area contributed by atoms with E-state index in [0.29, 0.717) is 11.6 Å². The molecule has 0 aliphatic carbocycles. The number of carbonyl (C=O) groups excluding carboxylic acids is 1. The van der Waals surface area contributed by atoms with Gasteiger partial charge < -0.3 is 15.8 Å². The van der Waals surface area contributed by atoms with Crippen molar-refractivity contribution in [2.45, 2.75) is 0 Å². The standard InChI is InChI=1S/C8H11N3O2/c1-13-8(12)5-10-7-4-2-3-6(9)11-7/h2-4H,5H2,1H3,(H3,9,10,11). The fourth-order valence-corrected chi connectivity index (χ4v) is 0.785. The second-order valence-corrected chi connectivity index (χ2v) is 2.38. The summed E-state index contributed by atoms with van der Waals surface area (Å²) in [5, 5.41) is 2.77. The number of nitrogen functional groups attached to an aromatic ring is 1. The molecule has 0 atom stereocenters. The molecule has 5 heteroatoms. The zero-order chi connectivity index (χ0) is 9.68. The van der Waals surface area contributed by atoms with Crippen LogP contribution in [0.1, 0.15) is 0 Å². The van der Waals surface area contributed by atoms with Gasteiger partial charge in [0.25, 0.3) is 0 Å². The first-order valence-electron chi connectivity index (χ1n) is 3.75. The second-order valence-electron chi connectivity index (χ2n) is 2.38. The van der Waals surface area contributed by atoms with E-state index in [9.17, 15) is 4.79 Å². The minimum absolute atomic E-state index is 0.0902. The van der Waals surface area contributed by atoms with Gasteiger partial charge >= 0.3 is 5.97 Å². The van der Waals surface area contributed by atoms with Crippen LogP contribution in [0.5, 0.6) is 0 Å². The molecule has 1 aromatic heterocycles. The zero-order valence-corrected chi connectivity index (χ0v) is 7.28. The lowest BCUT2D eigenvalue weighted by molar-refractivity contribution is -0.138. The number of hydrogen-bond acceptors (Lipinski definition) is 5. The maximum atomic E-state index is 10.7. The van der Waals surface area contributed by atoms with Gasteiger partial charge in [-0.1, -0.05) is 6.07 Å². The number of aromatic nitrogens is 1. The lowest BCUT2D eigenvalue weighted by atomic mass is 10.4. The van der Waals surface area contributed by atoms with Crippen LogP contribution in [-0.2, 0) is 9.53 Å². The maximum absolute atomic E-state index is 10.7. The summed E-state index contributed by atoms with van der Waals surface area (Å²) in [4.78, 5) is 14.7. The molecule has 0 aliphatic rings. The summed E-state index contributed by atoms with van der Waals surface area (Å²) in [6, 6.07) is 5.14. The lowest BCUT2D eigenvalue weighted by Gasteiger charge is -2.03. The molecule has 0 aliphatic heterocycles. The minimum atomic E-state index is -0.343. The molecule has 1 aromatic rings. The highest BCUT2D eigenvalue weighted by Crippen LogP contribution is 2.04. The van der Waals surface area contributed by atoms with Crippen LogP contribution in [0, 0.1) is 0 Å². The zero-order valence-electron chi connectivity index (χ0n) is 7.28. The van der Waals surface area contributed by atoms with E-state index in [0.717, 1.165) is 0 Å². The van der Waals surface area contributed by atoms with E-state index >= 15 is 0 Å². The number of carbonyl (C=O) groups is 1. The quantitative estimate of drug-likeness (QED) is 0.653. The predicted octanol–water partition coefficient (Wildman–Crippen LogP) is 0.249. The number of ether oxygens (including phenoxy) is 1. The molecule has 0 unspecified atom stereocenters. The van der Waals surface area contributed by atoms with E-state index in [4.69, 9.17) is 5.73 Å². The SMILES string of the molecule is COC(=O)CNc1cccc(N)n1. The molecule has 0 saturated heterocycles. The molecular formula is C8H11N3O2. The van der Waals surface area contributed by atoms with Crippen LogP contribution < -0.4 is 11.1 Å². The van der Waals surface area contributed by atoms with Crippen molar-refractivity contribution in [3.8, 4) is 0 Å². The van der Waals surface area contributed by atoms with E-state index in [2.05, 4.69) is 15.0 Å². The topological polar surface area (TPSA) is 77.2 Å². The third-order valence-corrected chi connectivity index (χ3v) is 1.41. The molecule has 3 N–H and O–H groups in total. The van der Waals surface area contributed by atoms with Gasteiger partial charge in [-0.05, 0) is 12.1 Å². The van der Waals surface area contributed by atoms with Crippen LogP contribution in [0.15, 0.2) is 18.2 Å². The number of nitrogens with zero attached hydrogens (tertiary/aromatic N) is 1. The molecule has 70 valence electrons. The van der Waals surface area contributed by atoms with E-state index in [1.54, 1.807) is 18.2 Å². The normalized spacial score (nSPS) is 9.31. The Kier molecular flexibility index (Phi) is 3.08. The van der Waals surface area contributed by atoms with Crippen molar-refractivity contribution in [3.63, 3.8) is 0 Å². The van der Waals surface area contributed by atoms with Crippen molar-refractivity contribution in [3.05, 3.63) is 18.2 Å². The molecule has 0 fully saturated rings. The van der Waals surface area contributed by atoms with Crippen LogP contribution in [0.2, 0.25) is 0 Å². The van der Waals surface area contributed by atoms with Crippen molar-refractivity contribution < 1.29 is 9.53 Å². The Balaban J connectivity index is 2.50. The third-order valence-electron chi connectivity index (χ3n) is 1.41. The Bertz CT molecular complexity index is 301. The average Bonchev–Trinajstić information content (AvgIpc) is 2.14. The summed E-state index contributed by atoms with van der Waals surface area (Å²) in [7, 11) is 1.33. The predicted molar refractivity (Wildman–Crippen MR) is 49.2 cm³/mol. The number of methoxy groups -OCH3 is 1. The Morgan fingerprint density at radius 2 is 2.46 bits per heavy atom. The Hall–Kier alpha value is -1.78. The van der Waals surface area contributed by atoms with E-state index < -0.39 is 0 Å². The molecule has 0 bridgehead atoms. The van der Waals surface area contributed by atoms with Gasteiger partial charge in [0.05, 0.1) is 7.11 Å². The van der Waals surface area contributed by atoms with Crippen molar-refractivity contribution in [2.24, 2.45) is 0 Å². The van der Waals surface area contributed by atoms with Crippen molar-refractivity contribution in [2.75, 3.05) is 24.7 Å². The lowest BCUT2D eigenvalue weighted by Crippen LogP contribution is -2.15. The van der Waals surface area contributed by atoms with Gasteiger partial charge in [0.2, 0.25) is 0 Å². The van der Waals surface area contributed by atoms with Gasteiger partial charge in [0.1, 0.15) is 18.2 Å². The summed E-state index contributed by atoms with van der Waals surface area (Å²) < 4.78 is 4.44. The summed E-state index contributed by atoms with van der Waals surface area (Å²) in [6.07, 6.45) is 0. The fraction of sp³-hybridized carbons (Fsp3) is 0.250. The van der Waals surface area contributed by atoms with Gasteiger partial charge in [-0.15, -0.1) is 0 Å². The smallest absolute Gasteiger partial charge is 0.325 e. The molecule has 0 spiro atoms. The number of rotatable bonds is 3. The van der Waals surface area contributed by atoms with Gasteiger partial charge in [0, 0.05) is 0 Å². The molecule has 0 amide bonds. The number of anilines is 2. The van der Waals surface area contributed by atoms with Crippen molar-refractivity contribution in [1.82, 2.24) is 4.98 Å². The highest BCUT2D eigenvalue weighted by molar-refractivity contribution is 5.74. The maximum Gasteiger partial charge on any atom is 0.325 e. The average molecular weight is 181 g/mol. The molecule has 13 heavy (non-hydrogen) atoms. The molecule has 1 rings (SSSR count). The van der Waals surface area contributed by atoms with Gasteiger partial charge in [-0.2, -0.15) is 0 Å². The van der Waals surface area contributed by atoms with Crippen LogP contribution in [0.25, 0.3) is 0 Å². The molecule has 0 aromatic carbocycles. The summed E-state index contributed by atoms with van der Waals surface area (Å²) in [5.41, 5.74) is 5.43. The Morgan fingerprint density at radius 1 is 1.69 bits per heavy atom. The summed E-state index contributed by atoms with van der Waals surface area (Å²) >= 11 is 0. The van der Waals surface area contributed by atoms with Crippen LogP contribution in [0.4, 0.5) is 11.6 Å². The Morgan fingerprint density at radius 3 is 3.08 bits per heavy atom. The number of hydrogen-bond donors (Lipinski definition) is 2. The molecule has 0 radical (unpaired) electrons.